The molecule has 0 radical (unpaired) electrons. The normalized spacial score (nSPS) is 18.1. The van der Waals surface area contributed by atoms with Crippen molar-refractivity contribution in [2.24, 2.45) is 0 Å². The lowest BCUT2D eigenvalue weighted by atomic mass is 9.97. The van der Waals surface area contributed by atoms with Crippen LogP contribution in [0.1, 0.15) is 32.8 Å². The average Bonchev–Trinajstić information content (AvgIpc) is 3.40. The van der Waals surface area contributed by atoms with Crippen molar-refractivity contribution in [1.82, 2.24) is 4.90 Å². The van der Waals surface area contributed by atoms with E-state index in [0.717, 1.165) is 45.1 Å². The maximum absolute atomic E-state index is 13.2. The van der Waals surface area contributed by atoms with Gasteiger partial charge in [0.05, 0.1) is 24.6 Å². The smallest absolute Gasteiger partial charge is 0.264 e. The highest BCUT2D eigenvalue weighted by Crippen LogP contribution is 2.40. The van der Waals surface area contributed by atoms with Gasteiger partial charge in [-0.2, -0.15) is 0 Å². The average molecular weight is 450 g/mol. The first-order valence-electron chi connectivity index (χ1n) is 11.0. The van der Waals surface area contributed by atoms with Crippen LogP contribution < -0.4 is 9.47 Å². The van der Waals surface area contributed by atoms with E-state index in [2.05, 4.69) is 31.2 Å². The molecular weight excluding hydrogens is 422 g/mol. The van der Waals surface area contributed by atoms with Crippen LogP contribution in [-0.4, -0.2) is 43.3 Å². The summed E-state index contributed by atoms with van der Waals surface area (Å²) in [5.74, 6) is 1.53. The van der Waals surface area contributed by atoms with Crippen molar-refractivity contribution in [3.05, 3.63) is 69.4 Å². The summed E-state index contributed by atoms with van der Waals surface area (Å²) in [6, 6.07) is 14.5. The van der Waals surface area contributed by atoms with Crippen molar-refractivity contribution in [2.75, 3.05) is 26.4 Å². The molecule has 0 aliphatic carbocycles. The van der Waals surface area contributed by atoms with Crippen LogP contribution in [-0.2, 0) is 11.3 Å². The Kier molecular flexibility index (Phi) is 5.89. The van der Waals surface area contributed by atoms with Crippen LogP contribution in [0.2, 0.25) is 0 Å². The standard InChI is InChI=1S/C26H27NO4S/c1-17-5-3-4-6-22(17)19-13-20-15-27(26(28)25-18(2)8-12-32-25)9-11-30-24(20)23(14-19)31-21-7-10-29-16-21/h3-6,8,12-14,21H,7,9-11,15-16H2,1-2H3/t21-/m1/s1. The fourth-order valence-corrected chi connectivity index (χ4v) is 5.21. The Hall–Kier alpha value is -2.83. The first-order valence-corrected chi connectivity index (χ1v) is 11.9. The molecule has 5 rings (SSSR count). The van der Waals surface area contributed by atoms with E-state index in [1.165, 1.54) is 16.9 Å². The Morgan fingerprint density at radius 2 is 2.00 bits per heavy atom. The predicted octanol–water partition coefficient (Wildman–Crippen LogP) is 5.23. The minimum atomic E-state index is 0.0181. The largest absolute Gasteiger partial charge is 0.487 e. The van der Waals surface area contributed by atoms with Crippen LogP contribution >= 0.6 is 11.3 Å². The maximum Gasteiger partial charge on any atom is 0.264 e. The van der Waals surface area contributed by atoms with Gasteiger partial charge >= 0.3 is 0 Å². The summed E-state index contributed by atoms with van der Waals surface area (Å²) < 4.78 is 18.1. The third-order valence-corrected chi connectivity index (χ3v) is 7.09. The number of carbonyl (C=O) groups is 1. The summed E-state index contributed by atoms with van der Waals surface area (Å²) in [6.07, 6.45) is 0.885. The molecule has 1 fully saturated rings. The first-order chi connectivity index (χ1) is 15.6. The number of carbonyl (C=O) groups excluding carboxylic acids is 1. The molecule has 0 unspecified atom stereocenters. The highest BCUT2D eigenvalue weighted by Gasteiger charge is 2.27. The lowest BCUT2D eigenvalue weighted by Crippen LogP contribution is -2.32. The molecule has 2 aromatic carbocycles. The van der Waals surface area contributed by atoms with Crippen LogP contribution in [0.5, 0.6) is 11.5 Å². The van der Waals surface area contributed by atoms with Crippen molar-refractivity contribution in [2.45, 2.75) is 32.9 Å². The molecule has 0 saturated carbocycles. The van der Waals surface area contributed by atoms with E-state index in [1.54, 1.807) is 0 Å². The Labute approximate surface area is 192 Å². The lowest BCUT2D eigenvalue weighted by molar-refractivity contribution is 0.0737. The molecule has 166 valence electrons. The summed E-state index contributed by atoms with van der Waals surface area (Å²) in [5.41, 5.74) is 5.41. The number of benzene rings is 2. The van der Waals surface area contributed by atoms with E-state index >= 15 is 0 Å². The maximum atomic E-state index is 13.2. The fourth-order valence-electron chi connectivity index (χ4n) is 4.32. The second-order valence-corrected chi connectivity index (χ2v) is 9.31. The van der Waals surface area contributed by atoms with Gasteiger partial charge in [0.25, 0.3) is 5.91 Å². The molecule has 5 nitrogen and oxygen atoms in total. The number of hydrogen-bond acceptors (Lipinski definition) is 5. The van der Waals surface area contributed by atoms with Gasteiger partial charge in [-0.15, -0.1) is 11.3 Å². The number of nitrogens with zero attached hydrogens (tertiary/aromatic N) is 1. The summed E-state index contributed by atoms with van der Waals surface area (Å²) in [4.78, 5) is 15.9. The monoisotopic (exact) mass is 449 g/mol. The Balaban J connectivity index is 1.55. The van der Waals surface area contributed by atoms with Crippen LogP contribution in [0.15, 0.2) is 47.8 Å². The van der Waals surface area contributed by atoms with Gasteiger partial charge in [0.15, 0.2) is 11.5 Å². The third kappa shape index (κ3) is 4.12. The zero-order valence-electron chi connectivity index (χ0n) is 18.4. The number of rotatable bonds is 4. The quantitative estimate of drug-likeness (QED) is 0.547. The van der Waals surface area contributed by atoms with Crippen molar-refractivity contribution in [1.29, 1.82) is 0 Å². The first kappa shape index (κ1) is 21.0. The molecule has 0 spiro atoms. The SMILES string of the molecule is Cc1ccccc1-c1cc2c(c(O[C@@H]3CCOC3)c1)OCCN(C(=O)c1sccc1C)C2. The molecule has 1 saturated heterocycles. The van der Waals surface area contributed by atoms with Gasteiger partial charge in [-0.25, -0.2) is 0 Å². The molecule has 3 aromatic rings. The molecule has 6 heteroatoms. The topological polar surface area (TPSA) is 48.0 Å². The van der Waals surface area contributed by atoms with Crippen molar-refractivity contribution in [3.63, 3.8) is 0 Å². The number of aryl methyl sites for hydroxylation is 2. The number of fused-ring (bicyclic) bond motifs is 1. The minimum absolute atomic E-state index is 0.0181. The fraction of sp³-hybridized carbons (Fsp3) is 0.346. The van der Waals surface area contributed by atoms with E-state index in [1.807, 2.05) is 35.4 Å². The van der Waals surface area contributed by atoms with E-state index in [-0.39, 0.29) is 12.0 Å². The highest BCUT2D eigenvalue weighted by molar-refractivity contribution is 7.12. The van der Waals surface area contributed by atoms with Crippen molar-refractivity contribution in [3.8, 4) is 22.6 Å². The summed E-state index contributed by atoms with van der Waals surface area (Å²) in [6.45, 7) is 6.86. The van der Waals surface area contributed by atoms with Crippen LogP contribution in [0.4, 0.5) is 0 Å². The van der Waals surface area contributed by atoms with E-state index in [0.29, 0.717) is 32.9 Å². The molecule has 3 heterocycles. The summed E-state index contributed by atoms with van der Waals surface area (Å²) in [5, 5.41) is 1.97. The van der Waals surface area contributed by atoms with Crippen molar-refractivity contribution >= 4 is 17.2 Å². The number of amides is 1. The predicted molar refractivity (Wildman–Crippen MR) is 126 cm³/mol. The molecule has 0 N–H and O–H groups in total. The second-order valence-electron chi connectivity index (χ2n) is 8.39. The van der Waals surface area contributed by atoms with Gasteiger partial charge < -0.3 is 19.1 Å². The zero-order valence-corrected chi connectivity index (χ0v) is 19.2. The van der Waals surface area contributed by atoms with E-state index in [9.17, 15) is 4.79 Å². The van der Waals surface area contributed by atoms with Crippen LogP contribution in [0, 0.1) is 13.8 Å². The van der Waals surface area contributed by atoms with E-state index < -0.39 is 0 Å². The van der Waals surface area contributed by atoms with Crippen molar-refractivity contribution < 1.29 is 19.0 Å². The summed E-state index contributed by atoms with van der Waals surface area (Å²) >= 11 is 1.50. The Morgan fingerprint density at radius 3 is 2.75 bits per heavy atom. The van der Waals surface area contributed by atoms with Gasteiger partial charge in [0.1, 0.15) is 12.7 Å². The number of ether oxygens (including phenoxy) is 3. The Morgan fingerprint density at radius 1 is 1.12 bits per heavy atom. The number of hydrogen-bond donors (Lipinski definition) is 0. The molecular formula is C26H27NO4S. The molecule has 1 amide bonds. The zero-order chi connectivity index (χ0) is 22.1. The number of thiophene rings is 1. The van der Waals surface area contributed by atoms with Gasteiger partial charge in [-0.3, -0.25) is 4.79 Å². The van der Waals surface area contributed by atoms with Gasteiger partial charge in [0.2, 0.25) is 0 Å². The highest BCUT2D eigenvalue weighted by atomic mass is 32.1. The molecule has 1 aromatic heterocycles. The van der Waals surface area contributed by atoms with E-state index in [4.69, 9.17) is 14.2 Å². The molecule has 0 bridgehead atoms. The minimum Gasteiger partial charge on any atom is -0.487 e. The van der Waals surface area contributed by atoms with Gasteiger partial charge in [-0.05, 0) is 59.7 Å². The Bertz CT molecular complexity index is 1130. The molecule has 32 heavy (non-hydrogen) atoms. The molecule has 2 aliphatic heterocycles. The van der Waals surface area contributed by atoms with Crippen LogP contribution in [0.3, 0.4) is 0 Å². The second kappa shape index (κ2) is 8.96. The third-order valence-electron chi connectivity index (χ3n) is 6.08. The van der Waals surface area contributed by atoms with Gasteiger partial charge in [-0.1, -0.05) is 24.3 Å². The molecule has 1 atom stereocenters. The van der Waals surface area contributed by atoms with Crippen LogP contribution in [0.25, 0.3) is 11.1 Å². The lowest BCUT2D eigenvalue weighted by Gasteiger charge is -2.21. The summed E-state index contributed by atoms with van der Waals surface area (Å²) in [7, 11) is 0. The van der Waals surface area contributed by atoms with Gasteiger partial charge in [0, 0.05) is 18.5 Å². The molecule has 2 aliphatic rings.